The van der Waals surface area contributed by atoms with Crippen molar-refractivity contribution in [2.24, 2.45) is 5.92 Å². The van der Waals surface area contributed by atoms with Crippen molar-refractivity contribution in [2.75, 3.05) is 6.54 Å². The number of nitrogens with one attached hydrogen (secondary N) is 2. The first kappa shape index (κ1) is 15.4. The Bertz CT molecular complexity index is 519. The van der Waals surface area contributed by atoms with Gasteiger partial charge in [0.05, 0.1) is 23.8 Å². The molecule has 0 radical (unpaired) electrons. The highest BCUT2D eigenvalue weighted by atomic mass is 16.4. The largest absolute Gasteiger partial charge is 0.478 e. The Morgan fingerprint density at radius 2 is 2.33 bits per heavy atom. The summed E-state index contributed by atoms with van der Waals surface area (Å²) in [5.74, 6) is -0.448. The quantitative estimate of drug-likeness (QED) is 0.757. The maximum Gasteiger partial charge on any atom is 0.335 e. The summed E-state index contributed by atoms with van der Waals surface area (Å²) in [5, 5.41) is 15.0. The first-order valence-corrected chi connectivity index (χ1v) is 7.29. The van der Waals surface area contributed by atoms with Crippen LogP contribution in [0.4, 0.5) is 0 Å². The minimum absolute atomic E-state index is 0.0457. The Kier molecular flexibility index (Phi) is 5.27. The lowest BCUT2D eigenvalue weighted by Gasteiger charge is -2.28. The van der Waals surface area contributed by atoms with Crippen molar-refractivity contribution in [3.05, 3.63) is 29.6 Å². The second kappa shape index (κ2) is 7.17. The predicted molar refractivity (Wildman–Crippen MR) is 77.8 cm³/mol. The van der Waals surface area contributed by atoms with Crippen LogP contribution in [0.1, 0.15) is 42.2 Å². The highest BCUT2D eigenvalue weighted by Gasteiger charge is 2.25. The normalized spacial score (nSPS) is 21.8. The van der Waals surface area contributed by atoms with Crippen LogP contribution in [0.15, 0.2) is 18.3 Å². The molecule has 114 valence electrons. The second-order valence-electron chi connectivity index (χ2n) is 5.36. The summed E-state index contributed by atoms with van der Waals surface area (Å²) in [6.45, 7) is 3.25. The molecule has 2 unspecified atom stereocenters. The summed E-state index contributed by atoms with van der Waals surface area (Å²) >= 11 is 0. The zero-order valence-electron chi connectivity index (χ0n) is 12.1. The topological polar surface area (TPSA) is 91.3 Å². The molecule has 2 atom stereocenters. The van der Waals surface area contributed by atoms with Gasteiger partial charge in [-0.3, -0.25) is 9.78 Å². The van der Waals surface area contributed by atoms with Crippen molar-refractivity contribution in [3.8, 4) is 0 Å². The number of carbonyl (C=O) groups is 2. The number of carbonyl (C=O) groups excluding carboxylic acids is 1. The molecule has 3 N–H and O–H groups in total. The fourth-order valence-corrected chi connectivity index (χ4v) is 2.58. The number of aromatic nitrogens is 1. The van der Waals surface area contributed by atoms with Gasteiger partial charge in [-0.05, 0) is 37.4 Å². The van der Waals surface area contributed by atoms with Crippen LogP contribution in [-0.2, 0) is 11.3 Å². The summed E-state index contributed by atoms with van der Waals surface area (Å²) in [4.78, 5) is 27.1. The van der Waals surface area contributed by atoms with Crippen LogP contribution in [0, 0.1) is 5.92 Å². The number of piperidine rings is 1. The van der Waals surface area contributed by atoms with Crippen LogP contribution in [0.2, 0.25) is 0 Å². The van der Waals surface area contributed by atoms with Gasteiger partial charge in [0.1, 0.15) is 0 Å². The van der Waals surface area contributed by atoms with Crippen LogP contribution in [0.25, 0.3) is 0 Å². The van der Waals surface area contributed by atoms with Gasteiger partial charge in [-0.15, -0.1) is 0 Å². The predicted octanol–water partition coefficient (Wildman–Crippen LogP) is 1.17. The summed E-state index contributed by atoms with van der Waals surface area (Å²) < 4.78 is 0. The number of carboxylic acids is 1. The molecule has 1 aliphatic heterocycles. The lowest BCUT2D eigenvalue weighted by molar-refractivity contribution is -0.124. The van der Waals surface area contributed by atoms with E-state index in [9.17, 15) is 9.59 Å². The highest BCUT2D eigenvalue weighted by molar-refractivity contribution is 5.87. The van der Waals surface area contributed by atoms with E-state index < -0.39 is 5.97 Å². The third-order valence-corrected chi connectivity index (χ3v) is 3.91. The molecule has 1 aromatic heterocycles. The smallest absolute Gasteiger partial charge is 0.335 e. The fraction of sp³-hybridized carbons (Fsp3) is 0.533. The van der Waals surface area contributed by atoms with Gasteiger partial charge >= 0.3 is 5.97 Å². The van der Waals surface area contributed by atoms with Crippen molar-refractivity contribution in [1.82, 2.24) is 15.6 Å². The van der Waals surface area contributed by atoms with Gasteiger partial charge < -0.3 is 15.7 Å². The Balaban J connectivity index is 1.89. The van der Waals surface area contributed by atoms with E-state index in [0.717, 1.165) is 25.8 Å². The summed E-state index contributed by atoms with van der Waals surface area (Å²) in [6, 6.07) is 2.75. The number of rotatable bonds is 5. The molecule has 21 heavy (non-hydrogen) atoms. The van der Waals surface area contributed by atoms with Crippen LogP contribution in [-0.4, -0.2) is 34.6 Å². The van der Waals surface area contributed by atoms with Crippen molar-refractivity contribution in [3.63, 3.8) is 0 Å². The van der Waals surface area contributed by atoms with E-state index in [1.807, 2.05) is 0 Å². The number of pyridine rings is 1. The molecule has 2 rings (SSSR count). The minimum Gasteiger partial charge on any atom is -0.478 e. The molecule has 0 aromatic carbocycles. The number of carboxylic acid groups (broad SMARTS) is 1. The number of aromatic carboxylic acids is 1. The molecule has 2 heterocycles. The number of amides is 1. The van der Waals surface area contributed by atoms with E-state index in [0.29, 0.717) is 11.6 Å². The SMILES string of the molecule is CCC1CCNC(C(=O)NCc2cc(C(=O)O)ccn2)C1. The Morgan fingerprint density at radius 3 is 3.05 bits per heavy atom. The standard InChI is InChI=1S/C15H21N3O3/c1-2-10-3-5-17-13(7-10)14(19)18-9-12-8-11(15(20)21)4-6-16-12/h4,6,8,10,13,17H,2-3,5,7,9H2,1H3,(H,18,19)(H,20,21). The molecule has 0 aliphatic carbocycles. The number of hydrogen-bond donors (Lipinski definition) is 3. The minimum atomic E-state index is -0.996. The van der Waals surface area contributed by atoms with E-state index in [1.165, 1.54) is 18.3 Å². The number of nitrogens with zero attached hydrogens (tertiary/aromatic N) is 1. The molecular formula is C15H21N3O3. The average Bonchev–Trinajstić information content (AvgIpc) is 2.53. The van der Waals surface area contributed by atoms with Gasteiger partial charge in [0, 0.05) is 6.20 Å². The highest BCUT2D eigenvalue weighted by Crippen LogP contribution is 2.19. The van der Waals surface area contributed by atoms with E-state index >= 15 is 0 Å². The molecule has 6 heteroatoms. The molecule has 1 amide bonds. The molecule has 0 saturated carbocycles. The zero-order chi connectivity index (χ0) is 15.2. The van der Waals surface area contributed by atoms with E-state index in [2.05, 4.69) is 22.5 Å². The monoisotopic (exact) mass is 291 g/mol. The molecule has 1 fully saturated rings. The molecule has 0 spiro atoms. The lowest BCUT2D eigenvalue weighted by Crippen LogP contribution is -2.48. The molecule has 1 saturated heterocycles. The van der Waals surface area contributed by atoms with Crippen LogP contribution >= 0.6 is 0 Å². The summed E-state index contributed by atoms with van der Waals surface area (Å²) in [7, 11) is 0. The molecule has 0 bridgehead atoms. The van der Waals surface area contributed by atoms with Crippen molar-refractivity contribution in [1.29, 1.82) is 0 Å². The van der Waals surface area contributed by atoms with E-state index in [-0.39, 0.29) is 24.1 Å². The third kappa shape index (κ3) is 4.26. The first-order chi connectivity index (χ1) is 10.1. The van der Waals surface area contributed by atoms with Gasteiger partial charge in [0.25, 0.3) is 0 Å². The summed E-state index contributed by atoms with van der Waals surface area (Å²) in [5.41, 5.74) is 0.724. The second-order valence-corrected chi connectivity index (χ2v) is 5.36. The Morgan fingerprint density at radius 1 is 1.52 bits per heavy atom. The van der Waals surface area contributed by atoms with E-state index in [1.54, 1.807) is 0 Å². The van der Waals surface area contributed by atoms with Crippen molar-refractivity contribution in [2.45, 2.75) is 38.8 Å². The molecule has 1 aliphatic rings. The van der Waals surface area contributed by atoms with Crippen molar-refractivity contribution < 1.29 is 14.7 Å². The van der Waals surface area contributed by atoms with Gasteiger partial charge in [-0.1, -0.05) is 13.3 Å². The van der Waals surface area contributed by atoms with E-state index in [4.69, 9.17) is 5.11 Å². The maximum atomic E-state index is 12.1. The fourth-order valence-electron chi connectivity index (χ4n) is 2.58. The van der Waals surface area contributed by atoms with Crippen molar-refractivity contribution >= 4 is 11.9 Å². The Labute approximate surface area is 124 Å². The molecule has 1 aromatic rings. The van der Waals surface area contributed by atoms with Gasteiger partial charge in [0.15, 0.2) is 0 Å². The van der Waals surface area contributed by atoms with Crippen LogP contribution in [0.5, 0.6) is 0 Å². The van der Waals surface area contributed by atoms with Gasteiger partial charge in [-0.25, -0.2) is 4.79 Å². The van der Waals surface area contributed by atoms with Gasteiger partial charge in [0.2, 0.25) is 5.91 Å². The summed E-state index contributed by atoms with van der Waals surface area (Å²) in [6.07, 6.45) is 4.50. The van der Waals surface area contributed by atoms with Crippen LogP contribution in [0.3, 0.4) is 0 Å². The first-order valence-electron chi connectivity index (χ1n) is 7.29. The maximum absolute atomic E-state index is 12.1. The number of hydrogen-bond acceptors (Lipinski definition) is 4. The van der Waals surface area contributed by atoms with Gasteiger partial charge in [-0.2, -0.15) is 0 Å². The molecule has 6 nitrogen and oxygen atoms in total. The zero-order valence-corrected chi connectivity index (χ0v) is 12.1. The third-order valence-electron chi connectivity index (χ3n) is 3.91. The molecular weight excluding hydrogens is 270 g/mol. The van der Waals surface area contributed by atoms with Crippen LogP contribution < -0.4 is 10.6 Å². The lowest BCUT2D eigenvalue weighted by atomic mass is 9.90. The Hall–Kier alpha value is -1.95. The average molecular weight is 291 g/mol.